The third kappa shape index (κ3) is 3.08. The molecule has 0 spiro atoms. The van der Waals surface area contributed by atoms with Crippen LogP contribution in [0.15, 0.2) is 12.1 Å². The second-order valence-electron chi connectivity index (χ2n) is 4.99. The predicted octanol–water partition coefficient (Wildman–Crippen LogP) is 3.76. The Morgan fingerprint density at radius 2 is 1.94 bits per heavy atom. The van der Waals surface area contributed by atoms with Gasteiger partial charge in [-0.15, -0.1) is 11.3 Å². The average Bonchev–Trinajstić information content (AvgIpc) is 2.78. The van der Waals surface area contributed by atoms with Gasteiger partial charge < -0.3 is 5.73 Å². The lowest BCUT2D eigenvalue weighted by Gasteiger charge is -2.27. The molecular formula is C14H23NS. The second kappa shape index (κ2) is 5.83. The van der Waals surface area contributed by atoms with E-state index < -0.39 is 0 Å². The van der Waals surface area contributed by atoms with Gasteiger partial charge in [0.15, 0.2) is 0 Å². The van der Waals surface area contributed by atoms with Crippen molar-refractivity contribution in [2.75, 3.05) is 0 Å². The molecule has 1 aromatic heterocycles. The van der Waals surface area contributed by atoms with Crippen LogP contribution in [0.3, 0.4) is 0 Å². The van der Waals surface area contributed by atoms with Crippen molar-refractivity contribution in [2.45, 2.75) is 57.9 Å². The van der Waals surface area contributed by atoms with E-state index in [0.29, 0.717) is 6.04 Å². The molecular weight excluding hydrogens is 214 g/mol. The molecule has 1 saturated carbocycles. The van der Waals surface area contributed by atoms with Gasteiger partial charge in [-0.2, -0.15) is 0 Å². The van der Waals surface area contributed by atoms with Crippen LogP contribution in [0.2, 0.25) is 0 Å². The van der Waals surface area contributed by atoms with E-state index in [1.54, 1.807) is 0 Å². The monoisotopic (exact) mass is 237 g/mol. The second-order valence-corrected chi connectivity index (χ2v) is 6.24. The van der Waals surface area contributed by atoms with Gasteiger partial charge in [-0.3, -0.25) is 0 Å². The van der Waals surface area contributed by atoms with Gasteiger partial charge in [-0.1, -0.05) is 26.2 Å². The fourth-order valence-electron chi connectivity index (χ4n) is 2.68. The first kappa shape index (κ1) is 12.1. The summed E-state index contributed by atoms with van der Waals surface area (Å²) in [4.78, 5) is 2.97. The first-order valence-electron chi connectivity index (χ1n) is 6.62. The molecule has 2 rings (SSSR count). The fourth-order valence-corrected chi connectivity index (χ4v) is 3.71. The quantitative estimate of drug-likeness (QED) is 0.848. The summed E-state index contributed by atoms with van der Waals surface area (Å²) in [5.41, 5.74) is 6.34. The van der Waals surface area contributed by atoms with Gasteiger partial charge in [0.2, 0.25) is 0 Å². The Bertz CT molecular complexity index is 312. The maximum atomic E-state index is 6.34. The first-order chi connectivity index (χ1) is 7.79. The molecule has 1 heterocycles. The number of nitrogens with two attached hydrogens (primary N) is 1. The zero-order valence-electron chi connectivity index (χ0n) is 10.2. The smallest absolute Gasteiger partial charge is 0.0116 e. The molecule has 90 valence electrons. The van der Waals surface area contributed by atoms with Gasteiger partial charge in [0, 0.05) is 15.8 Å². The molecule has 1 aromatic rings. The lowest BCUT2D eigenvalue weighted by atomic mass is 9.83. The van der Waals surface area contributed by atoms with Gasteiger partial charge >= 0.3 is 0 Å². The van der Waals surface area contributed by atoms with Crippen molar-refractivity contribution in [3.8, 4) is 0 Å². The third-order valence-corrected chi connectivity index (χ3v) is 5.01. The maximum Gasteiger partial charge on any atom is 0.0116 e. The van der Waals surface area contributed by atoms with Crippen LogP contribution in [-0.4, -0.2) is 6.04 Å². The van der Waals surface area contributed by atoms with Crippen molar-refractivity contribution >= 4 is 11.3 Å². The molecule has 1 aliphatic rings. The van der Waals surface area contributed by atoms with Gasteiger partial charge in [0.05, 0.1) is 0 Å². The van der Waals surface area contributed by atoms with E-state index in [1.165, 1.54) is 41.9 Å². The SMILES string of the molecule is CCc1ccc(CC(N)C2CCCCC2)s1. The summed E-state index contributed by atoms with van der Waals surface area (Å²) in [6.45, 7) is 2.22. The zero-order chi connectivity index (χ0) is 11.4. The lowest BCUT2D eigenvalue weighted by molar-refractivity contribution is 0.304. The summed E-state index contributed by atoms with van der Waals surface area (Å²) in [6.07, 6.45) is 9.16. The van der Waals surface area contributed by atoms with Crippen molar-refractivity contribution in [3.05, 3.63) is 21.9 Å². The van der Waals surface area contributed by atoms with Crippen LogP contribution < -0.4 is 5.73 Å². The Morgan fingerprint density at radius 1 is 1.25 bits per heavy atom. The summed E-state index contributed by atoms with van der Waals surface area (Å²) in [5, 5.41) is 0. The highest BCUT2D eigenvalue weighted by Crippen LogP contribution is 2.28. The van der Waals surface area contributed by atoms with Crippen LogP contribution in [0.4, 0.5) is 0 Å². The molecule has 0 radical (unpaired) electrons. The van der Waals surface area contributed by atoms with Crippen molar-refractivity contribution < 1.29 is 0 Å². The molecule has 16 heavy (non-hydrogen) atoms. The maximum absolute atomic E-state index is 6.34. The molecule has 0 bridgehead atoms. The summed E-state index contributed by atoms with van der Waals surface area (Å²) in [5.74, 6) is 0.779. The molecule has 2 heteroatoms. The number of aryl methyl sites for hydroxylation is 1. The fraction of sp³-hybridized carbons (Fsp3) is 0.714. The van der Waals surface area contributed by atoms with Crippen molar-refractivity contribution in [1.82, 2.24) is 0 Å². The predicted molar refractivity (Wildman–Crippen MR) is 72.0 cm³/mol. The molecule has 1 atom stereocenters. The summed E-state index contributed by atoms with van der Waals surface area (Å²) in [6, 6.07) is 4.92. The normalized spacial score (nSPS) is 19.9. The molecule has 0 saturated heterocycles. The molecule has 1 unspecified atom stereocenters. The Labute approximate surface area is 103 Å². The van der Waals surface area contributed by atoms with Crippen LogP contribution >= 0.6 is 11.3 Å². The topological polar surface area (TPSA) is 26.0 Å². The molecule has 0 aromatic carbocycles. The Hall–Kier alpha value is -0.340. The zero-order valence-corrected chi connectivity index (χ0v) is 11.1. The van der Waals surface area contributed by atoms with E-state index in [-0.39, 0.29) is 0 Å². The summed E-state index contributed by atoms with van der Waals surface area (Å²) < 4.78 is 0. The van der Waals surface area contributed by atoms with E-state index in [4.69, 9.17) is 5.73 Å². The highest BCUT2D eigenvalue weighted by atomic mass is 32.1. The average molecular weight is 237 g/mol. The molecule has 1 nitrogen and oxygen atoms in total. The van der Waals surface area contributed by atoms with E-state index in [2.05, 4.69) is 19.1 Å². The molecule has 0 amide bonds. The van der Waals surface area contributed by atoms with Crippen LogP contribution in [0.5, 0.6) is 0 Å². The van der Waals surface area contributed by atoms with Gasteiger partial charge in [-0.05, 0) is 43.7 Å². The summed E-state index contributed by atoms with van der Waals surface area (Å²) >= 11 is 1.95. The van der Waals surface area contributed by atoms with Crippen LogP contribution in [0, 0.1) is 5.92 Å². The standard InChI is InChI=1S/C14H23NS/c1-2-12-8-9-13(16-12)10-14(15)11-6-4-3-5-7-11/h8-9,11,14H,2-7,10,15H2,1H3. The van der Waals surface area contributed by atoms with Gasteiger partial charge in [0.25, 0.3) is 0 Å². The van der Waals surface area contributed by atoms with Crippen LogP contribution in [-0.2, 0) is 12.8 Å². The molecule has 1 fully saturated rings. The minimum atomic E-state index is 0.392. The Kier molecular flexibility index (Phi) is 4.42. The minimum absolute atomic E-state index is 0.392. The third-order valence-electron chi connectivity index (χ3n) is 3.76. The summed E-state index contributed by atoms with van der Waals surface area (Å²) in [7, 11) is 0. The number of hydrogen-bond donors (Lipinski definition) is 1. The molecule has 2 N–H and O–H groups in total. The minimum Gasteiger partial charge on any atom is -0.327 e. The van der Waals surface area contributed by atoms with E-state index in [9.17, 15) is 0 Å². The Balaban J connectivity index is 1.87. The van der Waals surface area contributed by atoms with E-state index in [1.807, 2.05) is 11.3 Å². The van der Waals surface area contributed by atoms with Crippen LogP contribution in [0.1, 0.15) is 48.8 Å². The van der Waals surface area contributed by atoms with Gasteiger partial charge in [-0.25, -0.2) is 0 Å². The molecule has 1 aliphatic carbocycles. The van der Waals surface area contributed by atoms with E-state index >= 15 is 0 Å². The van der Waals surface area contributed by atoms with Crippen molar-refractivity contribution in [1.29, 1.82) is 0 Å². The van der Waals surface area contributed by atoms with E-state index in [0.717, 1.165) is 18.8 Å². The highest BCUT2D eigenvalue weighted by Gasteiger charge is 2.20. The van der Waals surface area contributed by atoms with Crippen molar-refractivity contribution in [2.24, 2.45) is 11.7 Å². The first-order valence-corrected chi connectivity index (χ1v) is 7.44. The number of hydrogen-bond acceptors (Lipinski definition) is 2. The number of rotatable bonds is 4. The van der Waals surface area contributed by atoms with Crippen molar-refractivity contribution in [3.63, 3.8) is 0 Å². The lowest BCUT2D eigenvalue weighted by Crippen LogP contribution is -2.33. The Morgan fingerprint density at radius 3 is 2.56 bits per heavy atom. The number of thiophene rings is 1. The van der Waals surface area contributed by atoms with Gasteiger partial charge in [0.1, 0.15) is 0 Å². The van der Waals surface area contributed by atoms with Crippen LogP contribution in [0.25, 0.3) is 0 Å². The highest BCUT2D eigenvalue weighted by molar-refractivity contribution is 7.11. The molecule has 0 aliphatic heterocycles. The largest absolute Gasteiger partial charge is 0.327 e.